The Kier molecular flexibility index (Phi) is 7.20. The molecular weight excluding hydrogens is 467 g/mol. The van der Waals surface area contributed by atoms with E-state index < -0.39 is 60.3 Å². The summed E-state index contributed by atoms with van der Waals surface area (Å²) in [5, 5.41) is 20.0. The molecule has 1 aromatic rings. The summed E-state index contributed by atoms with van der Waals surface area (Å²) in [5.74, 6) is 0.00324. The fourth-order valence-corrected chi connectivity index (χ4v) is 5.26. The Labute approximate surface area is 160 Å². The van der Waals surface area contributed by atoms with Crippen molar-refractivity contribution in [3.63, 3.8) is 0 Å². The van der Waals surface area contributed by atoms with E-state index in [9.17, 15) is 33.6 Å². The van der Waals surface area contributed by atoms with Gasteiger partial charge in [0.05, 0.1) is 6.61 Å². The maximum Gasteiger partial charge on any atom is 0.499 e. The first-order chi connectivity index (χ1) is 13.1. The van der Waals surface area contributed by atoms with Gasteiger partial charge < -0.3 is 40.3 Å². The lowest BCUT2D eigenvalue weighted by molar-refractivity contribution is -0.779. The van der Waals surface area contributed by atoms with Crippen molar-refractivity contribution < 1.29 is 65.9 Å². The maximum atomic E-state index is 11.9. The van der Waals surface area contributed by atoms with E-state index in [2.05, 4.69) is 18.1 Å². The van der Waals surface area contributed by atoms with Crippen LogP contribution in [0.15, 0.2) is 17.1 Å². The zero-order valence-electron chi connectivity index (χ0n) is 14.0. The van der Waals surface area contributed by atoms with Gasteiger partial charge in [-0.25, -0.2) is 13.7 Å². The number of rotatable bonds is 8. The minimum Gasteiger partial charge on any atom is -0.387 e. The highest BCUT2D eigenvalue weighted by atomic mass is 31.3. The number of aliphatic hydroxyl groups is 2. The average molecular weight is 484 g/mol. The quantitative estimate of drug-likeness (QED) is 0.137. The number of anilines is 1. The zero-order valence-corrected chi connectivity index (χ0v) is 16.7. The maximum absolute atomic E-state index is 11.9. The predicted molar refractivity (Wildman–Crippen MR) is 87.4 cm³/mol. The number of hydrogen-bond acceptors (Lipinski definition) is 11. The highest BCUT2D eigenvalue weighted by Gasteiger charge is 2.48. The van der Waals surface area contributed by atoms with Crippen LogP contribution in [0, 0.1) is 0 Å². The molecule has 0 aromatic carbocycles. The minimum atomic E-state index is -5.71. The van der Waals surface area contributed by atoms with Gasteiger partial charge in [-0.3, -0.25) is 4.52 Å². The van der Waals surface area contributed by atoms with Crippen molar-refractivity contribution in [2.24, 2.45) is 0 Å². The Balaban J connectivity index is 2.05. The molecule has 166 valence electrons. The number of H-pyrrole nitrogens is 1. The second kappa shape index (κ2) is 8.61. The fourth-order valence-electron chi connectivity index (χ4n) is 2.23. The molecule has 1 aliphatic rings. The molecule has 1 fully saturated rings. The summed E-state index contributed by atoms with van der Waals surface area (Å²) in [7, 11) is -16.7. The number of nitrogens with one attached hydrogen (secondary N) is 1. The molecule has 17 nitrogen and oxygen atoms in total. The topological polar surface area (TPSA) is 272 Å². The van der Waals surface area contributed by atoms with Gasteiger partial charge in [0.15, 0.2) is 5.82 Å². The van der Waals surface area contributed by atoms with Crippen molar-refractivity contribution in [1.82, 2.24) is 4.98 Å². The first-order valence-corrected chi connectivity index (χ1v) is 11.8. The van der Waals surface area contributed by atoms with Crippen molar-refractivity contribution >= 4 is 29.3 Å². The Hall–Kier alpha value is -1.03. The van der Waals surface area contributed by atoms with Gasteiger partial charge >= 0.3 is 29.2 Å². The largest absolute Gasteiger partial charge is 0.499 e. The molecule has 0 radical (unpaired) electrons. The lowest BCUT2D eigenvalue weighted by Gasteiger charge is -2.18. The van der Waals surface area contributed by atoms with Crippen molar-refractivity contribution in [3.8, 4) is 0 Å². The van der Waals surface area contributed by atoms with Gasteiger partial charge in [-0.05, 0) is 0 Å². The van der Waals surface area contributed by atoms with Gasteiger partial charge in [-0.15, -0.1) is 0 Å². The Morgan fingerprint density at radius 1 is 1.10 bits per heavy atom. The summed E-state index contributed by atoms with van der Waals surface area (Å²) in [6.45, 7) is -1.01. The summed E-state index contributed by atoms with van der Waals surface area (Å²) in [6, 6.07) is 1.25. The summed E-state index contributed by atoms with van der Waals surface area (Å²) in [4.78, 5) is 49.4. The van der Waals surface area contributed by atoms with Crippen molar-refractivity contribution in [2.45, 2.75) is 24.5 Å². The van der Waals surface area contributed by atoms with Gasteiger partial charge in [0.2, 0.25) is 6.23 Å². The van der Waals surface area contributed by atoms with Crippen LogP contribution in [-0.4, -0.2) is 59.7 Å². The highest BCUT2D eigenvalue weighted by Crippen LogP contribution is 2.66. The molecule has 2 heterocycles. The lowest BCUT2D eigenvalue weighted by atomic mass is 10.1. The van der Waals surface area contributed by atoms with Gasteiger partial charge in [0, 0.05) is 6.07 Å². The normalized spacial score (nSPS) is 29.3. The molecule has 1 saturated heterocycles. The molecule has 29 heavy (non-hydrogen) atoms. The third-order valence-corrected chi connectivity index (χ3v) is 7.13. The number of aromatic nitrogens is 2. The van der Waals surface area contributed by atoms with E-state index in [-0.39, 0.29) is 5.82 Å². The number of aliphatic hydroxyl groups excluding tert-OH is 2. The predicted octanol–water partition coefficient (Wildman–Crippen LogP) is -2.79. The molecule has 6 atom stereocenters. The number of ether oxygens (including phenoxy) is 1. The van der Waals surface area contributed by atoms with Crippen LogP contribution in [0.25, 0.3) is 0 Å². The Bertz CT molecular complexity index is 946. The SMILES string of the molecule is Nc1cc[n+]([C@@H]2O[C@H](COP(=O)(O)OP(=O)(O)OP(=O)(O)O)[C@@H](O)[C@H]2O)c(=O)[nH]1. The molecule has 0 saturated carbocycles. The number of nitrogens with zero attached hydrogens (tertiary/aromatic N) is 1. The van der Waals surface area contributed by atoms with E-state index in [0.29, 0.717) is 0 Å². The molecular formula is C9H17N3O14P3+. The third kappa shape index (κ3) is 6.73. The Morgan fingerprint density at radius 3 is 2.28 bits per heavy atom. The first kappa shape index (κ1) is 24.2. The van der Waals surface area contributed by atoms with Gasteiger partial charge in [-0.2, -0.15) is 23.0 Å². The number of nitrogen functional groups attached to an aromatic ring is 1. The van der Waals surface area contributed by atoms with Crippen LogP contribution >= 0.6 is 23.5 Å². The van der Waals surface area contributed by atoms with Crippen LogP contribution in [0.1, 0.15) is 6.23 Å². The smallest absolute Gasteiger partial charge is 0.387 e. The number of hydrogen-bond donors (Lipinski definition) is 8. The highest BCUT2D eigenvalue weighted by molar-refractivity contribution is 7.66. The van der Waals surface area contributed by atoms with Crippen LogP contribution in [0.5, 0.6) is 0 Å². The fraction of sp³-hybridized carbons (Fsp3) is 0.556. The Morgan fingerprint density at radius 2 is 1.72 bits per heavy atom. The van der Waals surface area contributed by atoms with Gasteiger partial charge in [-0.1, -0.05) is 0 Å². The van der Waals surface area contributed by atoms with E-state index >= 15 is 0 Å². The van der Waals surface area contributed by atoms with Crippen LogP contribution < -0.4 is 16.0 Å². The average Bonchev–Trinajstić information content (AvgIpc) is 2.78. The van der Waals surface area contributed by atoms with Crippen molar-refractivity contribution in [3.05, 3.63) is 22.7 Å². The monoisotopic (exact) mass is 484 g/mol. The third-order valence-electron chi connectivity index (χ3n) is 3.33. The van der Waals surface area contributed by atoms with Crippen LogP contribution in [0.2, 0.25) is 0 Å². The van der Waals surface area contributed by atoms with E-state index in [4.69, 9.17) is 25.2 Å². The van der Waals surface area contributed by atoms with Gasteiger partial charge in [0.25, 0.3) is 0 Å². The zero-order chi connectivity index (χ0) is 22.2. The van der Waals surface area contributed by atoms with Crippen LogP contribution in [0.4, 0.5) is 5.82 Å². The van der Waals surface area contributed by atoms with E-state index in [0.717, 1.165) is 10.8 Å². The second-order valence-electron chi connectivity index (χ2n) is 5.54. The molecule has 9 N–H and O–H groups in total. The van der Waals surface area contributed by atoms with E-state index in [1.165, 1.54) is 6.07 Å². The standard InChI is InChI=1S/C9H16N3O14P3/c10-5-1-2-12(9(15)11-5)8-7(14)6(13)4(24-8)3-23-28(19,20)26-29(21,22)25-27(16,17)18/h1-2,4,6-8,13-14H,3H2,(H6,10,11,15,16,17,18,19,20,21,22)/p+1/t4-,6-,7-,8-/m1/s1. The van der Waals surface area contributed by atoms with Crippen molar-refractivity contribution in [1.29, 1.82) is 0 Å². The number of nitrogens with two attached hydrogens (primary N) is 1. The molecule has 1 aliphatic heterocycles. The second-order valence-corrected chi connectivity index (χ2v) is 9.96. The van der Waals surface area contributed by atoms with Crippen LogP contribution in [0.3, 0.4) is 0 Å². The number of phosphoric acid groups is 3. The molecule has 0 spiro atoms. The molecule has 20 heteroatoms. The van der Waals surface area contributed by atoms with Crippen LogP contribution in [-0.2, 0) is 31.6 Å². The number of aromatic amines is 1. The lowest BCUT2D eigenvalue weighted by Crippen LogP contribution is -2.58. The molecule has 2 unspecified atom stereocenters. The minimum absolute atomic E-state index is 0.00324. The first-order valence-electron chi connectivity index (χ1n) is 7.30. The summed E-state index contributed by atoms with van der Waals surface area (Å²) in [6.07, 6.45) is -5.27. The molecule has 1 aromatic heterocycles. The molecule has 2 rings (SSSR count). The molecule has 0 bridgehead atoms. The molecule has 0 aliphatic carbocycles. The summed E-state index contributed by atoms with van der Waals surface area (Å²) >= 11 is 0. The van der Waals surface area contributed by atoms with Crippen molar-refractivity contribution in [2.75, 3.05) is 12.3 Å². The van der Waals surface area contributed by atoms with Gasteiger partial charge in [0.1, 0.15) is 24.5 Å². The van der Waals surface area contributed by atoms with E-state index in [1.807, 2.05) is 0 Å². The summed E-state index contributed by atoms with van der Waals surface area (Å²) < 4.78 is 50.9. The molecule has 0 amide bonds. The summed E-state index contributed by atoms with van der Waals surface area (Å²) in [5.41, 5.74) is 4.57. The number of phosphoric ester groups is 1. The van der Waals surface area contributed by atoms with E-state index in [1.54, 1.807) is 0 Å².